The third-order valence-electron chi connectivity index (χ3n) is 10.9. The van der Waals surface area contributed by atoms with E-state index in [2.05, 4.69) is 37.0 Å². The lowest BCUT2D eigenvalue weighted by molar-refractivity contribution is -0.192. The summed E-state index contributed by atoms with van der Waals surface area (Å²) in [6, 6.07) is 32.0. The Morgan fingerprint density at radius 1 is 0.794 bits per heavy atom. The first-order valence-corrected chi connectivity index (χ1v) is 20.3. The number of anilines is 2. The fourth-order valence-electron chi connectivity index (χ4n) is 7.58. The van der Waals surface area contributed by atoms with E-state index < -0.39 is 29.8 Å². The van der Waals surface area contributed by atoms with Gasteiger partial charge in [0.25, 0.3) is 5.91 Å². The maximum absolute atomic E-state index is 14.9. The minimum Gasteiger partial charge on any atom is -0.475 e. The fraction of sp³-hybridized carbons (Fsp3) is 0.304. The van der Waals surface area contributed by atoms with Gasteiger partial charge in [-0.25, -0.2) is 9.59 Å². The molecule has 2 aromatic heterocycles. The second-order valence-corrected chi connectivity index (χ2v) is 16.2. The number of benzene rings is 4. The smallest absolute Gasteiger partial charge is 0.475 e. The highest BCUT2D eigenvalue weighted by Crippen LogP contribution is 2.33. The summed E-state index contributed by atoms with van der Waals surface area (Å²) in [4.78, 5) is 57.6. The summed E-state index contributed by atoms with van der Waals surface area (Å²) in [6.45, 7) is 6.11. The maximum atomic E-state index is 14.9. The summed E-state index contributed by atoms with van der Waals surface area (Å²) in [6.07, 6.45) is 0.638. The van der Waals surface area contributed by atoms with Gasteiger partial charge in [-0.1, -0.05) is 66.7 Å². The molecule has 1 aliphatic rings. The molecule has 17 heteroatoms. The van der Waals surface area contributed by atoms with Crippen LogP contribution in [0.2, 0.25) is 0 Å². The molecule has 0 radical (unpaired) electrons. The number of hydrogen-bond acceptors (Lipinski definition) is 8. The largest absolute Gasteiger partial charge is 0.490 e. The third kappa shape index (κ3) is 11.6. The number of para-hydroxylation sites is 1. The number of hydrogen-bond donors (Lipinski definition) is 4. The Labute approximate surface area is 361 Å². The van der Waals surface area contributed by atoms with Gasteiger partial charge in [0.05, 0.1) is 0 Å². The number of nitrogens with one attached hydrogen (secondary N) is 2. The predicted molar refractivity (Wildman–Crippen MR) is 230 cm³/mol. The van der Waals surface area contributed by atoms with Crippen LogP contribution in [0.25, 0.3) is 33.3 Å². The number of carboxylic acid groups (broad SMARTS) is 2. The second kappa shape index (κ2) is 19.7. The Morgan fingerprint density at radius 3 is 1.98 bits per heavy atom. The summed E-state index contributed by atoms with van der Waals surface area (Å²) in [7, 11) is 0. The normalized spacial score (nSPS) is 15.7. The van der Waals surface area contributed by atoms with E-state index in [1.807, 2.05) is 130 Å². The zero-order chi connectivity index (χ0) is 45.3. The van der Waals surface area contributed by atoms with Gasteiger partial charge in [0, 0.05) is 64.7 Å². The molecule has 0 aliphatic heterocycles. The summed E-state index contributed by atoms with van der Waals surface area (Å²) in [5, 5.41) is 36.6. The zero-order valence-corrected chi connectivity index (χ0v) is 34.8. The Balaban J connectivity index is 0.000000871. The number of nitrogens with zero attached hydrogens (tertiary/aromatic N) is 6. The van der Waals surface area contributed by atoms with Crippen LogP contribution in [-0.4, -0.2) is 88.9 Å². The predicted octanol–water partition coefficient (Wildman–Crippen LogP) is 8.69. The van der Waals surface area contributed by atoms with Gasteiger partial charge in [0.2, 0.25) is 11.7 Å². The molecule has 1 saturated carbocycles. The van der Waals surface area contributed by atoms with E-state index in [0.717, 1.165) is 45.9 Å². The number of amides is 3. The van der Waals surface area contributed by atoms with Crippen molar-refractivity contribution in [3.05, 3.63) is 121 Å². The lowest BCUT2D eigenvalue weighted by Gasteiger charge is -2.38. The van der Waals surface area contributed by atoms with Crippen molar-refractivity contribution in [1.29, 1.82) is 0 Å². The summed E-state index contributed by atoms with van der Waals surface area (Å²) >= 11 is 0. The molecule has 2 heterocycles. The molecular weight excluding hydrogens is 818 g/mol. The number of pyridine rings is 1. The van der Waals surface area contributed by atoms with Gasteiger partial charge in [-0.2, -0.15) is 18.4 Å². The molecule has 0 saturated heterocycles. The Bertz CT molecular complexity index is 2480. The van der Waals surface area contributed by atoms with E-state index in [4.69, 9.17) is 9.90 Å². The van der Waals surface area contributed by atoms with Crippen LogP contribution in [0.5, 0.6) is 0 Å². The van der Waals surface area contributed by atoms with Crippen LogP contribution in [0.15, 0.2) is 116 Å². The van der Waals surface area contributed by atoms with Crippen LogP contribution in [0.4, 0.5) is 29.3 Å². The van der Waals surface area contributed by atoms with Crippen molar-refractivity contribution in [3.8, 4) is 22.5 Å². The highest BCUT2D eigenvalue weighted by atomic mass is 19.4. The Morgan fingerprint density at radius 2 is 1.40 bits per heavy atom. The van der Waals surface area contributed by atoms with Crippen molar-refractivity contribution in [3.63, 3.8) is 0 Å². The number of aliphatic carboxylic acids is 1. The quantitative estimate of drug-likeness (QED) is 0.0979. The molecule has 63 heavy (non-hydrogen) atoms. The summed E-state index contributed by atoms with van der Waals surface area (Å²) < 4.78 is 31.7. The molecule has 0 spiro atoms. The third-order valence-corrected chi connectivity index (χ3v) is 10.9. The number of fused-ring (bicyclic) bond motifs is 1. The number of rotatable bonds is 11. The molecule has 7 rings (SSSR count). The number of aromatic nitrogens is 5. The van der Waals surface area contributed by atoms with Gasteiger partial charge in [0.15, 0.2) is 0 Å². The molecule has 1 fully saturated rings. The van der Waals surface area contributed by atoms with Crippen LogP contribution in [0, 0.1) is 11.8 Å². The molecule has 14 nitrogen and oxygen atoms in total. The Hall–Kier alpha value is -7.17. The molecule has 3 amide bonds. The van der Waals surface area contributed by atoms with Gasteiger partial charge >= 0.3 is 18.2 Å². The standard InChI is InChI=1S/C44H46N8O4.C2HF3O2/c1-44(2,3)51(43(55)56)28-30-15-19-33(20-16-30)41(53)46-39(25-29-13-17-31(18-14-29)38-27-45-26-34-9-7-8-12-37(34)38)42(54)52(35-10-5-4-6-11-35)36-23-21-32(22-24-36)40-47-49-50-48-40;3-2(4,5)1(6)7/h4-14,17-18,21-24,26-27,30,33,39H,15-16,19-20,25,28H2,1-3H3,(H,46,53)(H,55,56)(H,47,48,49,50);(H,6,7)/t30?,33?,39-;/m0./s1. The van der Waals surface area contributed by atoms with Crippen LogP contribution < -0.4 is 10.2 Å². The van der Waals surface area contributed by atoms with E-state index >= 15 is 0 Å². The van der Waals surface area contributed by atoms with Gasteiger partial charge in [0.1, 0.15) is 6.04 Å². The van der Waals surface area contributed by atoms with E-state index in [0.29, 0.717) is 36.6 Å². The van der Waals surface area contributed by atoms with Crippen molar-refractivity contribution in [2.75, 3.05) is 11.4 Å². The van der Waals surface area contributed by atoms with Crippen molar-refractivity contribution < 1.29 is 42.6 Å². The monoisotopic (exact) mass is 864 g/mol. The maximum Gasteiger partial charge on any atom is 0.490 e. The topological polar surface area (TPSA) is 195 Å². The minimum absolute atomic E-state index is 0.159. The first-order chi connectivity index (χ1) is 30.0. The molecule has 1 aliphatic carbocycles. The number of carbonyl (C=O) groups is 4. The number of carboxylic acids is 1. The molecule has 0 unspecified atom stereocenters. The molecular formula is C46H47F3N8O6. The fourth-order valence-corrected chi connectivity index (χ4v) is 7.58. The number of carbonyl (C=O) groups excluding carboxylic acids is 2. The van der Waals surface area contributed by atoms with E-state index in [9.17, 15) is 32.7 Å². The number of tetrazole rings is 1. The van der Waals surface area contributed by atoms with Crippen molar-refractivity contribution in [1.82, 2.24) is 35.8 Å². The van der Waals surface area contributed by atoms with Crippen molar-refractivity contribution in [2.45, 2.75) is 70.6 Å². The molecule has 1 atom stereocenters. The Kier molecular flexibility index (Phi) is 14.2. The van der Waals surface area contributed by atoms with Crippen molar-refractivity contribution in [2.24, 2.45) is 11.8 Å². The lowest BCUT2D eigenvalue weighted by atomic mass is 9.80. The lowest BCUT2D eigenvalue weighted by Crippen LogP contribution is -2.51. The zero-order valence-electron chi connectivity index (χ0n) is 34.8. The average molecular weight is 865 g/mol. The number of H-pyrrole nitrogens is 1. The minimum atomic E-state index is -5.08. The van der Waals surface area contributed by atoms with Gasteiger partial charge < -0.3 is 20.4 Å². The summed E-state index contributed by atoms with van der Waals surface area (Å²) in [5.74, 6) is -2.92. The van der Waals surface area contributed by atoms with E-state index in [-0.39, 0.29) is 30.1 Å². The van der Waals surface area contributed by atoms with E-state index in [1.54, 1.807) is 4.90 Å². The molecule has 4 aromatic carbocycles. The number of halogens is 3. The molecule has 4 N–H and O–H groups in total. The molecule has 6 aromatic rings. The first-order valence-electron chi connectivity index (χ1n) is 20.3. The highest BCUT2D eigenvalue weighted by Gasteiger charge is 2.38. The summed E-state index contributed by atoms with van der Waals surface area (Å²) in [5.41, 5.74) is 4.40. The molecule has 328 valence electrons. The van der Waals surface area contributed by atoms with Gasteiger partial charge in [-0.05, 0) is 110 Å². The van der Waals surface area contributed by atoms with Crippen LogP contribution in [0.1, 0.15) is 52.0 Å². The van der Waals surface area contributed by atoms with Crippen LogP contribution in [-0.2, 0) is 20.8 Å². The second-order valence-electron chi connectivity index (χ2n) is 16.2. The van der Waals surface area contributed by atoms with Gasteiger partial charge in [-0.15, -0.1) is 10.2 Å². The number of aromatic amines is 1. The first kappa shape index (κ1) is 45.4. The van der Waals surface area contributed by atoms with Crippen molar-refractivity contribution >= 4 is 46.0 Å². The average Bonchev–Trinajstić information content (AvgIpc) is 3.81. The highest BCUT2D eigenvalue weighted by molar-refractivity contribution is 6.05. The van der Waals surface area contributed by atoms with Gasteiger partial charge in [-0.3, -0.25) is 19.5 Å². The van der Waals surface area contributed by atoms with Crippen LogP contribution >= 0.6 is 0 Å². The molecule has 0 bridgehead atoms. The van der Waals surface area contributed by atoms with E-state index in [1.165, 1.54) is 4.90 Å². The number of alkyl halides is 3. The SMILES string of the molecule is CC(C)(C)N(CC1CCC(C(=O)N[C@@H](Cc2ccc(-c3cncc4ccccc34)cc2)C(=O)N(c2ccccc2)c2ccc(-c3nn[nH]n3)cc2)CC1)C(=O)O.O=C(O)C(F)(F)F. The van der Waals surface area contributed by atoms with Crippen LogP contribution in [0.3, 0.4) is 0 Å².